The average Bonchev–Trinajstić information content (AvgIpc) is 2.14. The number of aliphatic hydroxyl groups is 1. The lowest BCUT2D eigenvalue weighted by atomic mass is 9.86. The summed E-state index contributed by atoms with van der Waals surface area (Å²) in [4.78, 5) is 10.6. The van der Waals surface area contributed by atoms with Gasteiger partial charge in [-0.1, -0.05) is 27.2 Å². The minimum atomic E-state index is -0.923. The van der Waals surface area contributed by atoms with E-state index in [0.29, 0.717) is 5.92 Å². The second kappa shape index (κ2) is 6.02. The van der Waals surface area contributed by atoms with E-state index < -0.39 is 18.0 Å². The second-order valence-electron chi connectivity index (χ2n) is 4.34. The molecule has 0 saturated carbocycles. The van der Waals surface area contributed by atoms with Crippen LogP contribution in [0.15, 0.2) is 0 Å². The molecule has 4 atom stereocenters. The molecular formula is C11H22O3. The van der Waals surface area contributed by atoms with Gasteiger partial charge in [-0.15, -0.1) is 0 Å². The van der Waals surface area contributed by atoms with Crippen molar-refractivity contribution in [3.05, 3.63) is 0 Å². The van der Waals surface area contributed by atoms with Gasteiger partial charge < -0.3 is 10.2 Å². The number of carboxylic acids is 1. The lowest BCUT2D eigenvalue weighted by Gasteiger charge is -2.24. The van der Waals surface area contributed by atoms with E-state index in [9.17, 15) is 9.90 Å². The zero-order valence-corrected chi connectivity index (χ0v) is 9.53. The van der Waals surface area contributed by atoms with Crippen molar-refractivity contribution in [2.45, 2.75) is 46.6 Å². The number of rotatable bonds is 6. The van der Waals surface area contributed by atoms with Crippen LogP contribution in [-0.4, -0.2) is 22.3 Å². The van der Waals surface area contributed by atoms with E-state index in [1.165, 1.54) is 0 Å². The standard InChI is InChI=1S/C11H22O3/c1-5-7(2)6-8(3)10(12)9(4)11(13)14/h7-10,12H,5-6H2,1-4H3,(H,13,14)/t7-,8-,9+,10-/m0/s1. The molecule has 0 aliphatic heterocycles. The molecule has 0 heterocycles. The maximum atomic E-state index is 10.6. The Morgan fingerprint density at radius 2 is 1.79 bits per heavy atom. The summed E-state index contributed by atoms with van der Waals surface area (Å²) in [5, 5.41) is 18.5. The summed E-state index contributed by atoms with van der Waals surface area (Å²) in [6.07, 6.45) is 1.22. The van der Waals surface area contributed by atoms with Gasteiger partial charge in [0.2, 0.25) is 0 Å². The van der Waals surface area contributed by atoms with Crippen molar-refractivity contribution in [3.8, 4) is 0 Å². The molecule has 0 radical (unpaired) electrons. The first-order chi connectivity index (χ1) is 6.40. The molecule has 0 aliphatic rings. The molecule has 0 aromatic carbocycles. The molecule has 3 heteroatoms. The first-order valence-corrected chi connectivity index (χ1v) is 5.31. The maximum absolute atomic E-state index is 10.6. The van der Waals surface area contributed by atoms with E-state index in [-0.39, 0.29) is 5.92 Å². The predicted octanol–water partition coefficient (Wildman–Crippen LogP) is 2.14. The molecule has 84 valence electrons. The molecule has 2 N–H and O–H groups in total. The number of carboxylic acid groups (broad SMARTS) is 1. The lowest BCUT2D eigenvalue weighted by Crippen LogP contribution is -2.31. The van der Waals surface area contributed by atoms with Crippen molar-refractivity contribution in [1.82, 2.24) is 0 Å². The normalized spacial score (nSPS) is 19.8. The van der Waals surface area contributed by atoms with Crippen LogP contribution in [0.5, 0.6) is 0 Å². The SMILES string of the molecule is CC[C@H](C)C[C@H](C)[C@H](O)[C@@H](C)C(=O)O. The Morgan fingerprint density at radius 1 is 1.29 bits per heavy atom. The van der Waals surface area contributed by atoms with Crippen LogP contribution >= 0.6 is 0 Å². The minimum Gasteiger partial charge on any atom is -0.481 e. The highest BCUT2D eigenvalue weighted by atomic mass is 16.4. The van der Waals surface area contributed by atoms with Gasteiger partial charge in [-0.3, -0.25) is 4.79 Å². The van der Waals surface area contributed by atoms with E-state index in [1.54, 1.807) is 6.92 Å². The fourth-order valence-corrected chi connectivity index (χ4v) is 1.58. The predicted molar refractivity (Wildman–Crippen MR) is 56.0 cm³/mol. The molecule has 0 bridgehead atoms. The Hall–Kier alpha value is -0.570. The van der Waals surface area contributed by atoms with Crippen LogP contribution in [0.1, 0.15) is 40.5 Å². The Morgan fingerprint density at radius 3 is 2.14 bits per heavy atom. The summed E-state index contributed by atoms with van der Waals surface area (Å²) in [6, 6.07) is 0. The molecular weight excluding hydrogens is 180 g/mol. The van der Waals surface area contributed by atoms with Crippen LogP contribution < -0.4 is 0 Å². The average molecular weight is 202 g/mol. The Kier molecular flexibility index (Phi) is 5.77. The van der Waals surface area contributed by atoms with Gasteiger partial charge in [0.05, 0.1) is 12.0 Å². The van der Waals surface area contributed by atoms with Crippen LogP contribution in [0, 0.1) is 17.8 Å². The van der Waals surface area contributed by atoms with Crippen molar-refractivity contribution in [2.75, 3.05) is 0 Å². The number of hydrogen-bond donors (Lipinski definition) is 2. The van der Waals surface area contributed by atoms with Crippen LogP contribution in [0.3, 0.4) is 0 Å². The summed E-state index contributed by atoms with van der Waals surface area (Å²) >= 11 is 0. The highest BCUT2D eigenvalue weighted by molar-refractivity contribution is 5.70. The molecule has 3 nitrogen and oxygen atoms in total. The Balaban J connectivity index is 4.10. The molecule has 0 unspecified atom stereocenters. The lowest BCUT2D eigenvalue weighted by molar-refractivity contribution is -0.146. The molecule has 0 aromatic heterocycles. The summed E-state index contributed by atoms with van der Waals surface area (Å²) in [7, 11) is 0. The van der Waals surface area contributed by atoms with Gasteiger partial charge in [-0.2, -0.15) is 0 Å². The zero-order chi connectivity index (χ0) is 11.3. The van der Waals surface area contributed by atoms with Gasteiger partial charge in [0, 0.05) is 0 Å². The van der Waals surface area contributed by atoms with E-state index in [2.05, 4.69) is 13.8 Å². The highest BCUT2D eigenvalue weighted by Gasteiger charge is 2.26. The third-order valence-corrected chi connectivity index (χ3v) is 2.96. The van der Waals surface area contributed by atoms with Crippen LogP contribution in [-0.2, 0) is 4.79 Å². The van der Waals surface area contributed by atoms with E-state index in [0.717, 1.165) is 12.8 Å². The van der Waals surface area contributed by atoms with Gasteiger partial charge in [-0.05, 0) is 25.2 Å². The highest BCUT2D eigenvalue weighted by Crippen LogP contribution is 2.22. The molecule has 0 rings (SSSR count). The number of aliphatic hydroxyl groups excluding tert-OH is 1. The van der Waals surface area contributed by atoms with Crippen molar-refractivity contribution in [1.29, 1.82) is 0 Å². The number of aliphatic carboxylic acids is 1. The molecule has 0 amide bonds. The molecule has 0 saturated heterocycles. The van der Waals surface area contributed by atoms with Crippen molar-refractivity contribution >= 4 is 5.97 Å². The van der Waals surface area contributed by atoms with E-state index >= 15 is 0 Å². The van der Waals surface area contributed by atoms with Crippen molar-refractivity contribution in [3.63, 3.8) is 0 Å². The summed E-state index contributed by atoms with van der Waals surface area (Å²) < 4.78 is 0. The molecule has 0 fully saturated rings. The Labute approximate surface area is 86.1 Å². The smallest absolute Gasteiger partial charge is 0.308 e. The molecule has 0 aliphatic carbocycles. The molecule has 0 aromatic rings. The van der Waals surface area contributed by atoms with Crippen LogP contribution in [0.4, 0.5) is 0 Å². The number of carbonyl (C=O) groups is 1. The van der Waals surface area contributed by atoms with Gasteiger partial charge in [0.1, 0.15) is 0 Å². The molecule has 0 spiro atoms. The van der Waals surface area contributed by atoms with Gasteiger partial charge in [0.25, 0.3) is 0 Å². The monoisotopic (exact) mass is 202 g/mol. The summed E-state index contributed by atoms with van der Waals surface area (Å²) in [5.41, 5.74) is 0. The van der Waals surface area contributed by atoms with Crippen molar-refractivity contribution in [2.24, 2.45) is 17.8 Å². The number of hydrogen-bond acceptors (Lipinski definition) is 2. The van der Waals surface area contributed by atoms with Gasteiger partial charge >= 0.3 is 5.97 Å². The zero-order valence-electron chi connectivity index (χ0n) is 9.53. The molecule has 14 heavy (non-hydrogen) atoms. The topological polar surface area (TPSA) is 57.5 Å². The maximum Gasteiger partial charge on any atom is 0.308 e. The largest absolute Gasteiger partial charge is 0.481 e. The third kappa shape index (κ3) is 4.09. The second-order valence-corrected chi connectivity index (χ2v) is 4.34. The van der Waals surface area contributed by atoms with Crippen LogP contribution in [0.25, 0.3) is 0 Å². The fourth-order valence-electron chi connectivity index (χ4n) is 1.58. The quantitative estimate of drug-likeness (QED) is 0.693. The van der Waals surface area contributed by atoms with Crippen LogP contribution in [0.2, 0.25) is 0 Å². The fraction of sp³-hybridized carbons (Fsp3) is 0.909. The Bertz CT molecular complexity index is 179. The van der Waals surface area contributed by atoms with E-state index in [4.69, 9.17) is 5.11 Å². The third-order valence-electron chi connectivity index (χ3n) is 2.96. The summed E-state index contributed by atoms with van der Waals surface area (Å²) in [6.45, 7) is 7.69. The van der Waals surface area contributed by atoms with Gasteiger partial charge in [0.15, 0.2) is 0 Å². The van der Waals surface area contributed by atoms with Gasteiger partial charge in [-0.25, -0.2) is 0 Å². The first kappa shape index (κ1) is 13.4. The first-order valence-electron chi connectivity index (χ1n) is 5.31. The van der Waals surface area contributed by atoms with Crippen molar-refractivity contribution < 1.29 is 15.0 Å². The minimum absolute atomic E-state index is 0.0519. The van der Waals surface area contributed by atoms with E-state index in [1.807, 2.05) is 6.92 Å². The summed E-state index contributed by atoms with van der Waals surface area (Å²) in [5.74, 6) is -1.00.